The van der Waals surface area contributed by atoms with Gasteiger partial charge in [-0.15, -0.1) is 0 Å². The predicted molar refractivity (Wildman–Crippen MR) is 59.1 cm³/mol. The van der Waals surface area contributed by atoms with Crippen molar-refractivity contribution >= 4 is 5.91 Å². The van der Waals surface area contributed by atoms with E-state index in [2.05, 4.69) is 13.8 Å². The van der Waals surface area contributed by atoms with Crippen molar-refractivity contribution < 1.29 is 4.79 Å². The normalized spacial score (nSPS) is 18.6. The summed E-state index contributed by atoms with van der Waals surface area (Å²) >= 11 is 0. The lowest BCUT2D eigenvalue weighted by atomic mass is 10.0. The second-order valence-corrected chi connectivity index (χ2v) is 4.49. The van der Waals surface area contributed by atoms with Crippen molar-refractivity contribution in [2.75, 3.05) is 13.1 Å². The van der Waals surface area contributed by atoms with Gasteiger partial charge in [0.1, 0.15) is 0 Å². The zero-order chi connectivity index (χ0) is 10.4. The smallest absolute Gasteiger partial charge is 0.222 e. The van der Waals surface area contributed by atoms with E-state index >= 15 is 0 Å². The Bertz CT molecular complexity index is 173. The molecule has 2 nitrogen and oxygen atoms in total. The molecule has 1 atom stereocenters. The molecule has 1 fully saturated rings. The van der Waals surface area contributed by atoms with Crippen LogP contribution in [0.2, 0.25) is 0 Å². The lowest BCUT2D eigenvalue weighted by molar-refractivity contribution is -0.130. The molecule has 14 heavy (non-hydrogen) atoms. The van der Waals surface area contributed by atoms with Gasteiger partial charge in [-0.3, -0.25) is 4.79 Å². The highest BCUT2D eigenvalue weighted by Crippen LogP contribution is 2.14. The van der Waals surface area contributed by atoms with Crippen molar-refractivity contribution in [1.82, 2.24) is 4.90 Å². The van der Waals surface area contributed by atoms with E-state index in [1.165, 1.54) is 25.7 Å². The van der Waals surface area contributed by atoms with E-state index < -0.39 is 0 Å². The van der Waals surface area contributed by atoms with Gasteiger partial charge < -0.3 is 4.90 Å². The van der Waals surface area contributed by atoms with Crippen molar-refractivity contribution in [3.63, 3.8) is 0 Å². The van der Waals surface area contributed by atoms with Crippen molar-refractivity contribution in [1.29, 1.82) is 0 Å². The molecule has 0 saturated carbocycles. The highest BCUT2D eigenvalue weighted by Gasteiger charge is 2.17. The molecule has 1 saturated heterocycles. The van der Waals surface area contributed by atoms with E-state index in [1.54, 1.807) is 0 Å². The van der Waals surface area contributed by atoms with Crippen LogP contribution in [0.15, 0.2) is 0 Å². The standard InChI is InChI=1S/C12H23NO/c1-3-11(2)7-6-8-12(14)13-9-4-5-10-13/h11H,3-10H2,1-2H3/t11-/m0/s1. The van der Waals surface area contributed by atoms with Crippen LogP contribution in [0.4, 0.5) is 0 Å². The summed E-state index contributed by atoms with van der Waals surface area (Å²) < 4.78 is 0. The number of hydrogen-bond acceptors (Lipinski definition) is 1. The first-order chi connectivity index (χ1) is 6.74. The van der Waals surface area contributed by atoms with Crippen LogP contribution in [-0.4, -0.2) is 23.9 Å². The van der Waals surface area contributed by atoms with E-state index in [0.29, 0.717) is 5.91 Å². The maximum Gasteiger partial charge on any atom is 0.222 e. The van der Waals surface area contributed by atoms with Crippen LogP contribution in [0, 0.1) is 5.92 Å². The Labute approximate surface area is 87.7 Å². The molecule has 1 heterocycles. The number of rotatable bonds is 5. The lowest BCUT2D eigenvalue weighted by Gasteiger charge is -2.15. The van der Waals surface area contributed by atoms with Crippen molar-refractivity contribution in [3.05, 3.63) is 0 Å². The first-order valence-corrected chi connectivity index (χ1v) is 6.01. The molecule has 82 valence electrons. The summed E-state index contributed by atoms with van der Waals surface area (Å²) in [6, 6.07) is 0. The largest absolute Gasteiger partial charge is 0.343 e. The van der Waals surface area contributed by atoms with Gasteiger partial charge in [-0.1, -0.05) is 26.7 Å². The third kappa shape index (κ3) is 3.69. The average Bonchev–Trinajstić information content (AvgIpc) is 2.70. The molecular weight excluding hydrogens is 174 g/mol. The Balaban J connectivity index is 2.08. The van der Waals surface area contributed by atoms with Crippen molar-refractivity contribution in [2.45, 2.75) is 52.4 Å². The first-order valence-electron chi connectivity index (χ1n) is 6.01. The molecule has 1 amide bonds. The van der Waals surface area contributed by atoms with E-state index in [0.717, 1.165) is 31.8 Å². The highest BCUT2D eigenvalue weighted by atomic mass is 16.2. The van der Waals surface area contributed by atoms with Crippen LogP contribution in [0.25, 0.3) is 0 Å². The molecule has 0 unspecified atom stereocenters. The molecule has 2 heteroatoms. The SMILES string of the molecule is CC[C@H](C)CCCC(=O)N1CCCC1. The van der Waals surface area contributed by atoms with Crippen LogP contribution < -0.4 is 0 Å². The quantitative estimate of drug-likeness (QED) is 0.663. The van der Waals surface area contributed by atoms with E-state index in [1.807, 2.05) is 4.90 Å². The molecule has 0 aliphatic carbocycles. The minimum Gasteiger partial charge on any atom is -0.343 e. The summed E-state index contributed by atoms with van der Waals surface area (Å²) in [4.78, 5) is 13.7. The third-order valence-corrected chi connectivity index (χ3v) is 3.24. The molecule has 0 aromatic carbocycles. The fourth-order valence-electron chi connectivity index (χ4n) is 1.93. The van der Waals surface area contributed by atoms with Crippen LogP contribution >= 0.6 is 0 Å². The zero-order valence-corrected chi connectivity index (χ0v) is 9.59. The Morgan fingerprint density at radius 2 is 2.00 bits per heavy atom. The van der Waals surface area contributed by atoms with Gasteiger partial charge in [-0.05, 0) is 25.2 Å². The van der Waals surface area contributed by atoms with Gasteiger partial charge in [0.05, 0.1) is 0 Å². The Kier molecular flexibility index (Phi) is 4.99. The van der Waals surface area contributed by atoms with Crippen LogP contribution in [0.3, 0.4) is 0 Å². The average molecular weight is 197 g/mol. The van der Waals surface area contributed by atoms with Gasteiger partial charge in [0.15, 0.2) is 0 Å². The maximum absolute atomic E-state index is 11.6. The van der Waals surface area contributed by atoms with Crippen LogP contribution in [0.5, 0.6) is 0 Å². The summed E-state index contributed by atoms with van der Waals surface area (Å²) in [6.45, 7) is 6.48. The lowest BCUT2D eigenvalue weighted by Crippen LogP contribution is -2.27. The monoisotopic (exact) mass is 197 g/mol. The van der Waals surface area contributed by atoms with E-state index in [-0.39, 0.29) is 0 Å². The predicted octanol–water partition coefficient (Wildman–Crippen LogP) is 2.83. The van der Waals surface area contributed by atoms with Gasteiger partial charge >= 0.3 is 0 Å². The molecule has 0 bridgehead atoms. The summed E-state index contributed by atoms with van der Waals surface area (Å²) in [5.74, 6) is 1.16. The fraction of sp³-hybridized carbons (Fsp3) is 0.917. The topological polar surface area (TPSA) is 20.3 Å². The van der Waals surface area contributed by atoms with E-state index in [4.69, 9.17) is 0 Å². The molecule has 0 spiro atoms. The van der Waals surface area contributed by atoms with Crippen molar-refractivity contribution in [3.8, 4) is 0 Å². The molecule has 0 aromatic heterocycles. The number of amides is 1. The molecular formula is C12H23NO. The molecule has 0 aromatic rings. The minimum absolute atomic E-state index is 0.380. The summed E-state index contributed by atoms with van der Waals surface area (Å²) in [5, 5.41) is 0. The first kappa shape index (κ1) is 11.5. The summed E-state index contributed by atoms with van der Waals surface area (Å²) in [5.41, 5.74) is 0. The van der Waals surface area contributed by atoms with Gasteiger partial charge in [0.2, 0.25) is 5.91 Å². The Morgan fingerprint density at radius 1 is 1.36 bits per heavy atom. The second kappa shape index (κ2) is 6.05. The van der Waals surface area contributed by atoms with Crippen molar-refractivity contribution in [2.24, 2.45) is 5.92 Å². The van der Waals surface area contributed by atoms with Gasteiger partial charge in [0.25, 0.3) is 0 Å². The number of carbonyl (C=O) groups is 1. The number of likely N-dealkylation sites (tertiary alicyclic amines) is 1. The van der Waals surface area contributed by atoms with Gasteiger partial charge in [0, 0.05) is 19.5 Å². The van der Waals surface area contributed by atoms with Crippen LogP contribution in [0.1, 0.15) is 52.4 Å². The Morgan fingerprint density at radius 3 is 2.57 bits per heavy atom. The Hall–Kier alpha value is -0.530. The zero-order valence-electron chi connectivity index (χ0n) is 9.59. The third-order valence-electron chi connectivity index (χ3n) is 3.24. The molecule has 1 rings (SSSR count). The maximum atomic E-state index is 11.6. The van der Waals surface area contributed by atoms with Gasteiger partial charge in [-0.25, -0.2) is 0 Å². The molecule has 0 radical (unpaired) electrons. The number of carbonyl (C=O) groups excluding carboxylic acids is 1. The van der Waals surface area contributed by atoms with Gasteiger partial charge in [-0.2, -0.15) is 0 Å². The minimum atomic E-state index is 0.380. The summed E-state index contributed by atoms with van der Waals surface area (Å²) in [7, 11) is 0. The summed E-state index contributed by atoms with van der Waals surface area (Å²) in [6.07, 6.45) is 6.69. The fourth-order valence-corrected chi connectivity index (χ4v) is 1.93. The van der Waals surface area contributed by atoms with E-state index in [9.17, 15) is 4.79 Å². The molecule has 1 aliphatic heterocycles. The highest BCUT2D eigenvalue weighted by molar-refractivity contribution is 5.76. The number of hydrogen-bond donors (Lipinski definition) is 0. The molecule has 1 aliphatic rings. The number of nitrogens with zero attached hydrogens (tertiary/aromatic N) is 1. The van der Waals surface area contributed by atoms with Crippen LogP contribution in [-0.2, 0) is 4.79 Å². The second-order valence-electron chi connectivity index (χ2n) is 4.49. The molecule has 0 N–H and O–H groups in total.